The van der Waals surface area contributed by atoms with E-state index in [0.717, 1.165) is 25.1 Å². The van der Waals surface area contributed by atoms with Crippen LogP contribution >= 0.6 is 0 Å². The maximum atomic E-state index is 11.2. The lowest BCUT2D eigenvalue weighted by Crippen LogP contribution is -2.17. The number of carboxylic acids is 1. The van der Waals surface area contributed by atoms with Crippen LogP contribution in [0.2, 0.25) is 0 Å². The van der Waals surface area contributed by atoms with E-state index in [1.54, 1.807) is 12.1 Å². The first kappa shape index (κ1) is 14.6. The smallest absolute Gasteiger partial charge is 0.335 e. The highest BCUT2D eigenvalue weighted by Crippen LogP contribution is 2.21. The van der Waals surface area contributed by atoms with E-state index < -0.39 is 5.97 Å². The minimum atomic E-state index is -0.905. The molecule has 0 fully saturated rings. The zero-order valence-corrected chi connectivity index (χ0v) is 12.1. The maximum Gasteiger partial charge on any atom is 0.335 e. The predicted octanol–water partition coefficient (Wildman–Crippen LogP) is 3.67. The molecular formula is C16H22N2O2. The monoisotopic (exact) mass is 274 g/mol. The summed E-state index contributed by atoms with van der Waals surface area (Å²) < 4.78 is 0. The highest BCUT2D eigenvalue weighted by atomic mass is 16.4. The highest BCUT2D eigenvalue weighted by molar-refractivity contribution is 5.88. The Morgan fingerprint density at radius 2 is 2.25 bits per heavy atom. The Hall–Kier alpha value is -1.84. The fraction of sp³-hybridized carbons (Fsp3) is 0.500. The van der Waals surface area contributed by atoms with Gasteiger partial charge in [-0.25, -0.2) is 9.78 Å². The van der Waals surface area contributed by atoms with Crippen LogP contribution in [0.15, 0.2) is 24.3 Å². The molecule has 1 aliphatic carbocycles. The van der Waals surface area contributed by atoms with Gasteiger partial charge in [0.05, 0.1) is 5.56 Å². The van der Waals surface area contributed by atoms with E-state index in [9.17, 15) is 4.79 Å². The van der Waals surface area contributed by atoms with Crippen LogP contribution < -0.4 is 5.32 Å². The van der Waals surface area contributed by atoms with Crippen molar-refractivity contribution in [2.45, 2.75) is 39.0 Å². The normalized spacial score (nSPS) is 18.2. The molecule has 108 valence electrons. The average molecular weight is 274 g/mol. The summed E-state index contributed by atoms with van der Waals surface area (Å²) in [5.74, 6) is 0.589. The Balaban J connectivity index is 2.09. The summed E-state index contributed by atoms with van der Waals surface area (Å²) in [6, 6.07) is 3.27. The highest BCUT2D eigenvalue weighted by Gasteiger charge is 2.13. The number of aromatic carboxylic acids is 1. The number of pyridine rings is 1. The fourth-order valence-corrected chi connectivity index (χ4v) is 2.35. The summed E-state index contributed by atoms with van der Waals surface area (Å²) in [5.41, 5.74) is 1.12. The summed E-state index contributed by atoms with van der Waals surface area (Å²) in [6.07, 6.45) is 7.83. The minimum absolute atomic E-state index is 0.215. The van der Waals surface area contributed by atoms with Crippen LogP contribution in [-0.2, 0) is 0 Å². The van der Waals surface area contributed by atoms with E-state index >= 15 is 0 Å². The number of rotatable bonds is 5. The molecule has 0 saturated carbocycles. The van der Waals surface area contributed by atoms with Crippen molar-refractivity contribution < 1.29 is 9.90 Å². The number of nitrogens with zero attached hydrogens (tertiary/aromatic N) is 1. The van der Waals surface area contributed by atoms with E-state index in [0.29, 0.717) is 17.3 Å². The molecule has 0 spiro atoms. The van der Waals surface area contributed by atoms with Crippen molar-refractivity contribution in [2.24, 2.45) is 5.92 Å². The van der Waals surface area contributed by atoms with Crippen molar-refractivity contribution in [3.8, 4) is 0 Å². The Bertz CT molecular complexity index is 509. The van der Waals surface area contributed by atoms with Gasteiger partial charge < -0.3 is 10.4 Å². The third kappa shape index (κ3) is 3.83. The number of anilines is 1. The summed E-state index contributed by atoms with van der Waals surface area (Å²) >= 11 is 0. The van der Waals surface area contributed by atoms with E-state index in [1.807, 2.05) is 13.8 Å². The number of hydrogen-bond acceptors (Lipinski definition) is 3. The molecular weight excluding hydrogens is 252 g/mol. The second-order valence-electron chi connectivity index (χ2n) is 5.66. The van der Waals surface area contributed by atoms with Gasteiger partial charge in [0.15, 0.2) is 0 Å². The second kappa shape index (κ2) is 6.55. The van der Waals surface area contributed by atoms with E-state index in [4.69, 9.17) is 5.11 Å². The summed E-state index contributed by atoms with van der Waals surface area (Å²) in [4.78, 5) is 15.7. The van der Waals surface area contributed by atoms with Gasteiger partial charge in [-0.15, -0.1) is 0 Å². The van der Waals surface area contributed by atoms with Crippen LogP contribution in [0, 0.1) is 5.92 Å². The predicted molar refractivity (Wildman–Crippen MR) is 80.3 cm³/mol. The molecule has 2 rings (SSSR count). The molecule has 0 saturated heterocycles. The molecule has 1 atom stereocenters. The molecule has 1 unspecified atom stereocenters. The van der Waals surface area contributed by atoms with Crippen LogP contribution in [-0.4, -0.2) is 22.6 Å². The van der Waals surface area contributed by atoms with Crippen molar-refractivity contribution in [3.63, 3.8) is 0 Å². The summed E-state index contributed by atoms with van der Waals surface area (Å²) in [6.45, 7) is 4.88. The molecule has 0 bridgehead atoms. The van der Waals surface area contributed by atoms with Gasteiger partial charge in [-0.05, 0) is 43.2 Å². The van der Waals surface area contributed by atoms with Crippen molar-refractivity contribution in [1.82, 2.24) is 4.98 Å². The first-order chi connectivity index (χ1) is 9.56. The van der Waals surface area contributed by atoms with Gasteiger partial charge in [0.25, 0.3) is 0 Å². The van der Waals surface area contributed by atoms with E-state index in [1.165, 1.54) is 6.42 Å². The van der Waals surface area contributed by atoms with E-state index in [2.05, 4.69) is 22.5 Å². The van der Waals surface area contributed by atoms with Gasteiger partial charge in [0, 0.05) is 12.2 Å². The summed E-state index contributed by atoms with van der Waals surface area (Å²) in [5, 5.41) is 12.5. The van der Waals surface area contributed by atoms with Gasteiger partial charge in [0.1, 0.15) is 5.82 Å². The Labute approximate surface area is 119 Å². The topological polar surface area (TPSA) is 62.2 Å². The molecule has 20 heavy (non-hydrogen) atoms. The van der Waals surface area contributed by atoms with Crippen molar-refractivity contribution in [1.29, 1.82) is 0 Å². The van der Waals surface area contributed by atoms with Crippen LogP contribution in [0.5, 0.6) is 0 Å². The fourth-order valence-electron chi connectivity index (χ4n) is 2.35. The number of aromatic nitrogens is 1. The van der Waals surface area contributed by atoms with Gasteiger partial charge in [-0.1, -0.05) is 26.0 Å². The molecule has 4 heteroatoms. The molecule has 1 aromatic heterocycles. The quantitative estimate of drug-likeness (QED) is 0.804. The van der Waals surface area contributed by atoms with E-state index in [-0.39, 0.29) is 5.92 Å². The molecule has 4 nitrogen and oxygen atoms in total. The Morgan fingerprint density at radius 3 is 2.85 bits per heavy atom. The molecule has 0 amide bonds. The first-order valence-electron chi connectivity index (χ1n) is 7.20. The van der Waals surface area contributed by atoms with Gasteiger partial charge in [-0.2, -0.15) is 0 Å². The van der Waals surface area contributed by atoms with Crippen molar-refractivity contribution >= 4 is 11.8 Å². The zero-order chi connectivity index (χ0) is 14.5. The largest absolute Gasteiger partial charge is 0.478 e. The third-order valence-electron chi connectivity index (χ3n) is 3.63. The molecule has 0 aromatic carbocycles. The van der Waals surface area contributed by atoms with Gasteiger partial charge in [0.2, 0.25) is 0 Å². The number of nitrogens with one attached hydrogen (secondary N) is 1. The number of carbonyl (C=O) groups is 1. The summed E-state index contributed by atoms with van der Waals surface area (Å²) in [7, 11) is 0. The average Bonchev–Trinajstić information content (AvgIpc) is 2.45. The molecule has 1 heterocycles. The zero-order valence-electron chi connectivity index (χ0n) is 12.1. The number of carboxylic acid groups (broad SMARTS) is 1. The van der Waals surface area contributed by atoms with Gasteiger partial charge in [-0.3, -0.25) is 0 Å². The molecule has 0 radical (unpaired) electrons. The Morgan fingerprint density at radius 1 is 1.45 bits per heavy atom. The molecule has 1 aliphatic rings. The number of allylic oxidation sites excluding steroid dienone is 2. The second-order valence-corrected chi connectivity index (χ2v) is 5.66. The molecule has 1 aromatic rings. The van der Waals surface area contributed by atoms with Crippen LogP contribution in [0.25, 0.3) is 0 Å². The lowest BCUT2D eigenvalue weighted by molar-refractivity contribution is 0.0696. The lowest BCUT2D eigenvalue weighted by Gasteiger charge is -2.19. The van der Waals surface area contributed by atoms with Crippen LogP contribution in [0.1, 0.15) is 55.1 Å². The first-order valence-corrected chi connectivity index (χ1v) is 7.20. The van der Waals surface area contributed by atoms with Crippen molar-refractivity contribution in [3.05, 3.63) is 35.5 Å². The SMILES string of the molecule is CC(C)c1cc(C(=O)O)cc(NCC2CC=CCC2)n1. The maximum absolute atomic E-state index is 11.2. The van der Waals surface area contributed by atoms with Crippen molar-refractivity contribution in [2.75, 3.05) is 11.9 Å². The third-order valence-corrected chi connectivity index (χ3v) is 3.63. The van der Waals surface area contributed by atoms with Crippen LogP contribution in [0.3, 0.4) is 0 Å². The number of hydrogen-bond donors (Lipinski definition) is 2. The standard InChI is InChI=1S/C16H22N2O2/c1-11(2)14-8-13(16(19)20)9-15(18-14)17-10-12-6-4-3-5-7-12/h3-4,8-9,11-12H,5-7,10H2,1-2H3,(H,17,18)(H,19,20). The minimum Gasteiger partial charge on any atom is -0.478 e. The molecule has 0 aliphatic heterocycles. The molecule has 2 N–H and O–H groups in total. The lowest BCUT2D eigenvalue weighted by atomic mass is 9.94. The Kier molecular flexibility index (Phi) is 4.77. The van der Waals surface area contributed by atoms with Crippen LogP contribution in [0.4, 0.5) is 5.82 Å². The van der Waals surface area contributed by atoms with Gasteiger partial charge >= 0.3 is 5.97 Å².